The summed E-state index contributed by atoms with van der Waals surface area (Å²) in [5.41, 5.74) is 4.34. The number of amides is 1. The van der Waals surface area contributed by atoms with Gasteiger partial charge in [-0.3, -0.25) is 4.79 Å². The first-order valence-corrected chi connectivity index (χ1v) is 9.43. The summed E-state index contributed by atoms with van der Waals surface area (Å²) in [5.74, 6) is 1.56. The molecule has 29 heavy (non-hydrogen) atoms. The Morgan fingerprint density at radius 2 is 1.79 bits per heavy atom. The van der Waals surface area contributed by atoms with Crippen molar-refractivity contribution in [2.24, 2.45) is 5.10 Å². The van der Waals surface area contributed by atoms with Crippen molar-refractivity contribution in [2.45, 2.75) is 0 Å². The third-order valence-corrected chi connectivity index (χ3v) is 4.62. The Balaban J connectivity index is 1.59. The molecule has 0 saturated carbocycles. The molecule has 3 rings (SSSR count). The third-order valence-electron chi connectivity index (χ3n) is 3.87. The number of hydrogen-bond acceptors (Lipinski definition) is 8. The molecule has 9 heteroatoms. The molecule has 0 aliphatic rings. The van der Waals surface area contributed by atoms with Crippen molar-refractivity contribution in [2.75, 3.05) is 26.6 Å². The van der Waals surface area contributed by atoms with Crippen molar-refractivity contribution in [1.29, 1.82) is 0 Å². The highest BCUT2D eigenvalue weighted by molar-refractivity contribution is 7.14. The highest BCUT2D eigenvalue weighted by Gasteiger charge is 2.10. The number of benzene rings is 2. The van der Waals surface area contributed by atoms with Crippen molar-refractivity contribution in [3.05, 3.63) is 59.1 Å². The number of carbonyl (C=O) groups is 1. The van der Waals surface area contributed by atoms with E-state index >= 15 is 0 Å². The molecule has 0 saturated heterocycles. The van der Waals surface area contributed by atoms with Gasteiger partial charge in [-0.1, -0.05) is 0 Å². The van der Waals surface area contributed by atoms with Gasteiger partial charge in [0, 0.05) is 11.1 Å². The second-order valence-electron chi connectivity index (χ2n) is 5.70. The summed E-state index contributed by atoms with van der Waals surface area (Å²) in [7, 11) is 4.74. The molecule has 0 unspecified atom stereocenters. The molecule has 8 nitrogen and oxygen atoms in total. The van der Waals surface area contributed by atoms with Gasteiger partial charge in [-0.25, -0.2) is 10.4 Å². The van der Waals surface area contributed by atoms with Crippen molar-refractivity contribution in [1.82, 2.24) is 10.4 Å². The Labute approximate surface area is 172 Å². The summed E-state index contributed by atoms with van der Waals surface area (Å²) in [6.45, 7) is 0. The van der Waals surface area contributed by atoms with Crippen LogP contribution in [0.1, 0.15) is 16.1 Å². The maximum atomic E-state index is 12.2. The molecule has 1 amide bonds. The van der Waals surface area contributed by atoms with Crippen LogP contribution >= 0.6 is 11.3 Å². The van der Waals surface area contributed by atoms with Gasteiger partial charge in [0.1, 0.15) is 11.4 Å². The molecule has 0 spiro atoms. The first-order chi connectivity index (χ1) is 14.1. The zero-order valence-corrected chi connectivity index (χ0v) is 16.9. The fourth-order valence-corrected chi connectivity index (χ4v) is 3.10. The normalized spacial score (nSPS) is 10.6. The number of carbonyl (C=O) groups excluding carboxylic acids is 1. The van der Waals surface area contributed by atoms with Gasteiger partial charge in [0.05, 0.1) is 27.5 Å². The monoisotopic (exact) mass is 412 g/mol. The Morgan fingerprint density at radius 1 is 1.03 bits per heavy atom. The predicted molar refractivity (Wildman–Crippen MR) is 113 cm³/mol. The van der Waals surface area contributed by atoms with Crippen LogP contribution in [0.4, 0.5) is 10.8 Å². The van der Waals surface area contributed by atoms with Crippen molar-refractivity contribution in [3.63, 3.8) is 0 Å². The average molecular weight is 412 g/mol. The minimum Gasteiger partial charge on any atom is -0.497 e. The SMILES string of the molecule is COc1ccc(Nc2nc(C(=O)N/N=C/c3ccc(OC)c(OC)c3)cs2)cc1. The predicted octanol–water partition coefficient (Wildman–Crippen LogP) is 3.68. The van der Waals surface area contributed by atoms with Gasteiger partial charge in [-0.15, -0.1) is 11.3 Å². The van der Waals surface area contributed by atoms with Gasteiger partial charge in [0.2, 0.25) is 0 Å². The molecule has 0 fully saturated rings. The molecule has 1 aromatic heterocycles. The standard InChI is InChI=1S/C20H20N4O4S/c1-26-15-7-5-14(6-8-15)22-20-23-16(12-29-20)19(25)24-21-11-13-4-9-17(27-2)18(10-13)28-3/h4-12H,1-3H3,(H,22,23)(H,24,25)/b21-11+. The Bertz CT molecular complexity index is 1000. The number of hydrazone groups is 1. The Morgan fingerprint density at radius 3 is 2.48 bits per heavy atom. The molecule has 0 radical (unpaired) electrons. The van der Waals surface area contributed by atoms with E-state index in [1.165, 1.54) is 17.6 Å². The largest absolute Gasteiger partial charge is 0.497 e. The van der Waals surface area contributed by atoms with E-state index in [0.717, 1.165) is 17.0 Å². The van der Waals surface area contributed by atoms with Crippen LogP contribution in [0.25, 0.3) is 0 Å². The van der Waals surface area contributed by atoms with Crippen LogP contribution in [0, 0.1) is 0 Å². The summed E-state index contributed by atoms with van der Waals surface area (Å²) in [6.07, 6.45) is 1.52. The highest BCUT2D eigenvalue weighted by atomic mass is 32.1. The number of ether oxygens (including phenoxy) is 3. The van der Waals surface area contributed by atoms with Gasteiger partial charge >= 0.3 is 0 Å². The van der Waals surface area contributed by atoms with E-state index in [1.54, 1.807) is 44.9 Å². The van der Waals surface area contributed by atoms with Gasteiger partial charge in [0.15, 0.2) is 16.6 Å². The molecule has 2 aromatic carbocycles. The van der Waals surface area contributed by atoms with Gasteiger partial charge in [0.25, 0.3) is 5.91 Å². The number of anilines is 2. The topological polar surface area (TPSA) is 94.1 Å². The fourth-order valence-electron chi connectivity index (χ4n) is 2.39. The van der Waals surface area contributed by atoms with Crippen LogP contribution < -0.4 is 25.0 Å². The third kappa shape index (κ3) is 5.23. The van der Waals surface area contributed by atoms with E-state index in [1.807, 2.05) is 24.3 Å². The van der Waals surface area contributed by atoms with E-state index in [-0.39, 0.29) is 5.69 Å². The van der Waals surface area contributed by atoms with E-state index in [9.17, 15) is 4.79 Å². The van der Waals surface area contributed by atoms with Crippen LogP contribution in [-0.2, 0) is 0 Å². The molecular weight excluding hydrogens is 392 g/mol. The number of hydrogen-bond donors (Lipinski definition) is 2. The molecule has 0 bridgehead atoms. The van der Waals surface area contributed by atoms with Gasteiger partial charge < -0.3 is 19.5 Å². The minimum atomic E-state index is -0.402. The lowest BCUT2D eigenvalue weighted by Crippen LogP contribution is -2.18. The van der Waals surface area contributed by atoms with Crippen LogP contribution in [0.5, 0.6) is 17.2 Å². The summed E-state index contributed by atoms with van der Waals surface area (Å²) in [4.78, 5) is 16.5. The van der Waals surface area contributed by atoms with Crippen LogP contribution in [0.15, 0.2) is 52.9 Å². The number of methoxy groups -OCH3 is 3. The van der Waals surface area contributed by atoms with Crippen LogP contribution in [0.2, 0.25) is 0 Å². The number of nitrogens with zero attached hydrogens (tertiary/aromatic N) is 2. The lowest BCUT2D eigenvalue weighted by Gasteiger charge is -2.07. The number of rotatable bonds is 8. The molecule has 0 atom stereocenters. The highest BCUT2D eigenvalue weighted by Crippen LogP contribution is 2.27. The maximum absolute atomic E-state index is 12.2. The zero-order valence-electron chi connectivity index (χ0n) is 16.1. The van der Waals surface area contributed by atoms with Crippen LogP contribution in [-0.4, -0.2) is 38.4 Å². The number of aromatic nitrogens is 1. The minimum absolute atomic E-state index is 0.274. The van der Waals surface area contributed by atoms with E-state index in [2.05, 4.69) is 20.8 Å². The average Bonchev–Trinajstić information content (AvgIpc) is 3.22. The van der Waals surface area contributed by atoms with E-state index < -0.39 is 5.91 Å². The molecule has 1 heterocycles. The summed E-state index contributed by atoms with van der Waals surface area (Å²) in [5, 5.41) is 9.38. The van der Waals surface area contributed by atoms with Gasteiger partial charge in [-0.05, 0) is 48.0 Å². The second kappa shape index (κ2) is 9.56. The number of thiazole rings is 1. The van der Waals surface area contributed by atoms with Crippen molar-refractivity contribution in [3.8, 4) is 17.2 Å². The van der Waals surface area contributed by atoms with E-state index in [0.29, 0.717) is 16.6 Å². The smallest absolute Gasteiger partial charge is 0.290 e. The Hall–Kier alpha value is -3.59. The van der Waals surface area contributed by atoms with Crippen molar-refractivity contribution < 1.29 is 19.0 Å². The fraction of sp³-hybridized carbons (Fsp3) is 0.150. The lowest BCUT2D eigenvalue weighted by atomic mass is 10.2. The molecule has 0 aliphatic heterocycles. The van der Waals surface area contributed by atoms with E-state index in [4.69, 9.17) is 14.2 Å². The van der Waals surface area contributed by atoms with Crippen molar-refractivity contribution >= 4 is 34.3 Å². The second-order valence-corrected chi connectivity index (χ2v) is 6.56. The summed E-state index contributed by atoms with van der Waals surface area (Å²) < 4.78 is 15.6. The molecular formula is C20H20N4O4S. The summed E-state index contributed by atoms with van der Waals surface area (Å²) >= 11 is 1.32. The first-order valence-electron chi connectivity index (χ1n) is 8.55. The van der Waals surface area contributed by atoms with Gasteiger partial charge in [-0.2, -0.15) is 5.10 Å². The maximum Gasteiger partial charge on any atom is 0.290 e. The summed E-state index contributed by atoms with van der Waals surface area (Å²) in [6, 6.07) is 12.7. The molecule has 3 aromatic rings. The molecule has 150 valence electrons. The first kappa shape index (κ1) is 20.2. The van der Waals surface area contributed by atoms with Crippen LogP contribution in [0.3, 0.4) is 0 Å². The quantitative estimate of drug-likeness (QED) is 0.433. The molecule has 0 aliphatic carbocycles. The lowest BCUT2D eigenvalue weighted by molar-refractivity contribution is 0.0951. The molecule has 2 N–H and O–H groups in total. The zero-order chi connectivity index (χ0) is 20.6. The Kier molecular flexibility index (Phi) is 6.64. The number of nitrogens with one attached hydrogen (secondary N) is 2.